The van der Waals surface area contributed by atoms with Crippen LogP contribution in [0.25, 0.3) is 0 Å². The number of hydrogen-bond donors (Lipinski definition) is 2. The minimum absolute atomic E-state index is 0.0348. The molecule has 2 N–H and O–H groups in total. The Morgan fingerprint density at radius 2 is 1.43 bits per heavy atom. The second-order valence-corrected chi connectivity index (χ2v) is 8.57. The van der Waals surface area contributed by atoms with E-state index in [2.05, 4.69) is 47.8 Å². The SMILES string of the molecule is O=S(=O)(c1ccc(O)cc1)c1c(Cl)c(Br)c(O)c(Br)c1Br. The molecule has 2 aromatic carbocycles. The second kappa shape index (κ2) is 6.08. The van der Waals surface area contributed by atoms with E-state index in [0.717, 1.165) is 0 Å². The minimum atomic E-state index is -3.94. The summed E-state index contributed by atoms with van der Waals surface area (Å²) in [6.07, 6.45) is 0. The topological polar surface area (TPSA) is 74.6 Å². The van der Waals surface area contributed by atoms with Crippen molar-refractivity contribution in [3.8, 4) is 11.5 Å². The number of hydrogen-bond acceptors (Lipinski definition) is 4. The summed E-state index contributed by atoms with van der Waals surface area (Å²) in [5.74, 6) is -0.260. The van der Waals surface area contributed by atoms with Crippen LogP contribution in [0.4, 0.5) is 0 Å². The zero-order valence-electron chi connectivity index (χ0n) is 9.94. The molecule has 0 radical (unpaired) electrons. The fraction of sp³-hybridized carbons (Fsp3) is 0. The van der Waals surface area contributed by atoms with E-state index in [1.54, 1.807) is 0 Å². The molecule has 9 heteroatoms. The maximum absolute atomic E-state index is 12.7. The van der Waals surface area contributed by atoms with Crippen molar-refractivity contribution in [2.24, 2.45) is 0 Å². The van der Waals surface area contributed by atoms with Crippen LogP contribution < -0.4 is 0 Å². The van der Waals surface area contributed by atoms with E-state index in [9.17, 15) is 18.6 Å². The number of phenols is 2. The molecular formula is C12H6Br3ClO4S. The first kappa shape index (κ1) is 17.1. The summed E-state index contributed by atoms with van der Waals surface area (Å²) in [5, 5.41) is 18.9. The van der Waals surface area contributed by atoms with Gasteiger partial charge in [0.1, 0.15) is 16.4 Å². The summed E-state index contributed by atoms with van der Waals surface area (Å²) in [4.78, 5) is -0.223. The molecule has 2 aromatic rings. The second-order valence-electron chi connectivity index (χ2n) is 3.93. The van der Waals surface area contributed by atoms with Gasteiger partial charge in [0.05, 0.1) is 23.3 Å². The Morgan fingerprint density at radius 1 is 0.905 bits per heavy atom. The highest BCUT2D eigenvalue weighted by atomic mass is 79.9. The van der Waals surface area contributed by atoms with Crippen molar-refractivity contribution in [3.63, 3.8) is 0 Å². The summed E-state index contributed by atoms with van der Waals surface area (Å²) in [5.41, 5.74) is 0. The van der Waals surface area contributed by atoms with Crippen molar-refractivity contribution in [2.75, 3.05) is 0 Å². The molecule has 112 valence electrons. The van der Waals surface area contributed by atoms with E-state index in [4.69, 9.17) is 11.6 Å². The van der Waals surface area contributed by atoms with Crippen molar-refractivity contribution < 1.29 is 18.6 Å². The highest BCUT2D eigenvalue weighted by molar-refractivity contribution is 9.13. The standard InChI is InChI=1S/C12H6Br3ClO4S/c13-7-8(14)12(10(16)9(15)11(7)18)21(19,20)6-3-1-5(17)2-4-6/h1-4,17-18H. The first-order valence-corrected chi connectivity index (χ1v) is 9.51. The molecule has 21 heavy (non-hydrogen) atoms. The van der Waals surface area contributed by atoms with Gasteiger partial charge in [0.15, 0.2) is 0 Å². The predicted octanol–water partition coefficient (Wildman–Crippen LogP) is 4.87. The zero-order valence-corrected chi connectivity index (χ0v) is 16.3. The number of sulfone groups is 1. The first-order chi connectivity index (χ1) is 9.67. The van der Waals surface area contributed by atoms with Gasteiger partial charge in [-0.1, -0.05) is 11.6 Å². The van der Waals surface area contributed by atoms with Gasteiger partial charge in [-0.2, -0.15) is 0 Å². The van der Waals surface area contributed by atoms with Crippen molar-refractivity contribution in [2.45, 2.75) is 9.79 Å². The lowest BCUT2D eigenvalue weighted by atomic mass is 10.3. The van der Waals surface area contributed by atoms with Gasteiger partial charge in [0, 0.05) is 0 Å². The fourth-order valence-corrected chi connectivity index (χ4v) is 5.93. The van der Waals surface area contributed by atoms with Crippen LogP contribution in [-0.2, 0) is 9.84 Å². The van der Waals surface area contributed by atoms with Gasteiger partial charge in [-0.3, -0.25) is 0 Å². The van der Waals surface area contributed by atoms with E-state index in [1.807, 2.05) is 0 Å². The Labute approximate surface area is 151 Å². The maximum Gasteiger partial charge on any atom is 0.209 e. The van der Waals surface area contributed by atoms with Gasteiger partial charge >= 0.3 is 0 Å². The third-order valence-corrected chi connectivity index (χ3v) is 8.30. The van der Waals surface area contributed by atoms with Crippen LogP contribution in [0, 0.1) is 0 Å². The maximum atomic E-state index is 12.7. The van der Waals surface area contributed by atoms with Crippen molar-refractivity contribution >= 4 is 69.2 Å². The monoisotopic (exact) mass is 518 g/mol. The molecule has 0 unspecified atom stereocenters. The number of halogens is 4. The van der Waals surface area contributed by atoms with Gasteiger partial charge in [-0.25, -0.2) is 8.42 Å². The lowest BCUT2D eigenvalue weighted by molar-refractivity contribution is 0.467. The van der Waals surface area contributed by atoms with Gasteiger partial charge in [-0.15, -0.1) is 0 Å². The van der Waals surface area contributed by atoms with Gasteiger partial charge in [0.2, 0.25) is 9.84 Å². The molecule has 0 aliphatic carbocycles. The normalized spacial score (nSPS) is 11.6. The Hall–Kier alpha value is -0.280. The van der Waals surface area contributed by atoms with Gasteiger partial charge in [-0.05, 0) is 72.1 Å². The van der Waals surface area contributed by atoms with Crippen molar-refractivity contribution in [3.05, 3.63) is 42.7 Å². The first-order valence-electron chi connectivity index (χ1n) is 5.27. The molecule has 0 amide bonds. The van der Waals surface area contributed by atoms with Crippen molar-refractivity contribution in [1.29, 1.82) is 0 Å². The molecule has 0 aromatic heterocycles. The molecule has 2 rings (SSSR count). The van der Waals surface area contributed by atoms with Crippen LogP contribution in [0.15, 0.2) is 47.5 Å². The quantitative estimate of drug-likeness (QED) is 0.554. The van der Waals surface area contributed by atoms with E-state index >= 15 is 0 Å². The van der Waals surface area contributed by atoms with Gasteiger partial charge < -0.3 is 10.2 Å². The van der Waals surface area contributed by atoms with E-state index in [1.165, 1.54) is 24.3 Å². The summed E-state index contributed by atoms with van der Waals surface area (Å²) in [6, 6.07) is 5.06. The van der Waals surface area contributed by atoms with Gasteiger partial charge in [0.25, 0.3) is 0 Å². The Kier molecular flexibility index (Phi) is 4.94. The number of phenolic OH excluding ortho intramolecular Hbond substituents is 2. The van der Waals surface area contributed by atoms with Crippen LogP contribution in [0.2, 0.25) is 5.02 Å². The highest BCUT2D eigenvalue weighted by Crippen LogP contribution is 2.48. The molecule has 0 aliphatic rings. The molecule has 0 aliphatic heterocycles. The fourth-order valence-electron chi connectivity index (χ4n) is 1.58. The summed E-state index contributed by atoms with van der Waals surface area (Å²) >= 11 is 15.3. The Balaban J connectivity index is 2.80. The molecule has 0 saturated carbocycles. The summed E-state index contributed by atoms with van der Waals surface area (Å²) < 4.78 is 25.7. The zero-order chi connectivity index (χ0) is 15.9. The van der Waals surface area contributed by atoms with Crippen LogP contribution in [-0.4, -0.2) is 18.6 Å². The summed E-state index contributed by atoms with van der Waals surface area (Å²) in [6.45, 7) is 0. The molecule has 0 saturated heterocycles. The molecule has 0 spiro atoms. The van der Waals surface area contributed by atoms with E-state index < -0.39 is 9.84 Å². The molecule has 0 heterocycles. The summed E-state index contributed by atoms with van der Waals surface area (Å²) in [7, 11) is -3.94. The number of benzene rings is 2. The van der Waals surface area contributed by atoms with E-state index in [-0.39, 0.29) is 39.7 Å². The van der Waals surface area contributed by atoms with Crippen LogP contribution in [0.3, 0.4) is 0 Å². The van der Waals surface area contributed by atoms with Crippen LogP contribution in [0.1, 0.15) is 0 Å². The number of rotatable bonds is 2. The lowest BCUT2D eigenvalue weighted by Crippen LogP contribution is -2.05. The predicted molar refractivity (Wildman–Crippen MR) is 89.8 cm³/mol. The molecule has 0 atom stereocenters. The van der Waals surface area contributed by atoms with Crippen LogP contribution >= 0.6 is 59.4 Å². The molecule has 4 nitrogen and oxygen atoms in total. The average molecular weight is 521 g/mol. The lowest BCUT2D eigenvalue weighted by Gasteiger charge is -2.13. The Morgan fingerprint density at radius 3 is 1.95 bits per heavy atom. The van der Waals surface area contributed by atoms with E-state index in [0.29, 0.717) is 0 Å². The van der Waals surface area contributed by atoms with Crippen molar-refractivity contribution in [1.82, 2.24) is 0 Å². The largest absolute Gasteiger partial charge is 0.508 e. The molecular weight excluding hydrogens is 515 g/mol. The highest BCUT2D eigenvalue weighted by Gasteiger charge is 2.29. The number of aromatic hydroxyl groups is 2. The third kappa shape index (κ3) is 2.96. The smallest absolute Gasteiger partial charge is 0.209 e. The molecule has 0 fully saturated rings. The minimum Gasteiger partial charge on any atom is -0.508 e. The molecule has 0 bridgehead atoms. The third-order valence-electron chi connectivity index (χ3n) is 2.62. The average Bonchev–Trinajstić information content (AvgIpc) is 2.43. The Bertz CT molecular complexity index is 790. The van der Waals surface area contributed by atoms with Crippen LogP contribution in [0.5, 0.6) is 11.5 Å².